The third-order valence-electron chi connectivity index (χ3n) is 4.22. The van der Waals surface area contributed by atoms with Crippen molar-refractivity contribution in [2.45, 2.75) is 27.0 Å². The number of nitrogens with one attached hydrogen (secondary N) is 1. The number of hydrogen-bond acceptors (Lipinski definition) is 3. The maximum Gasteiger partial charge on any atom is 0.180 e. The van der Waals surface area contributed by atoms with Gasteiger partial charge in [0.15, 0.2) is 11.5 Å². The molecule has 0 bridgehead atoms. The highest BCUT2D eigenvalue weighted by molar-refractivity contribution is 6.32. The molecule has 0 aliphatic heterocycles. The summed E-state index contributed by atoms with van der Waals surface area (Å²) in [5.41, 5.74) is 4.44. The van der Waals surface area contributed by atoms with Crippen LogP contribution in [-0.4, -0.2) is 6.61 Å². The zero-order valence-electron chi connectivity index (χ0n) is 15.7. The summed E-state index contributed by atoms with van der Waals surface area (Å²) >= 11 is 6.52. The van der Waals surface area contributed by atoms with Crippen molar-refractivity contribution in [3.63, 3.8) is 0 Å². The Bertz CT molecular complexity index is 881. The van der Waals surface area contributed by atoms with Gasteiger partial charge in [-0.15, -0.1) is 0 Å². The molecule has 0 aliphatic rings. The zero-order valence-corrected chi connectivity index (χ0v) is 16.4. The molecule has 0 saturated heterocycles. The molecule has 0 unspecified atom stereocenters. The minimum Gasteiger partial charge on any atom is -0.490 e. The molecular formula is C23H24ClNO2. The molecule has 0 atom stereocenters. The van der Waals surface area contributed by atoms with Crippen LogP contribution in [0.4, 0.5) is 5.69 Å². The average Bonchev–Trinajstić information content (AvgIpc) is 2.68. The van der Waals surface area contributed by atoms with Crippen LogP contribution in [0.1, 0.15) is 23.6 Å². The fraction of sp³-hybridized carbons (Fsp3) is 0.217. The molecule has 0 radical (unpaired) electrons. The summed E-state index contributed by atoms with van der Waals surface area (Å²) in [5, 5.41) is 4.00. The SMILES string of the molecule is CCOc1cc(CNc2ccccc2C)cc(Cl)c1OCc1ccccc1. The summed E-state index contributed by atoms with van der Waals surface area (Å²) in [4.78, 5) is 0. The van der Waals surface area contributed by atoms with E-state index >= 15 is 0 Å². The first-order chi connectivity index (χ1) is 13.2. The van der Waals surface area contributed by atoms with Gasteiger partial charge < -0.3 is 14.8 Å². The van der Waals surface area contributed by atoms with Crippen molar-refractivity contribution in [2.24, 2.45) is 0 Å². The summed E-state index contributed by atoms with van der Waals surface area (Å²) in [7, 11) is 0. The molecule has 0 heterocycles. The lowest BCUT2D eigenvalue weighted by Crippen LogP contribution is -2.04. The van der Waals surface area contributed by atoms with E-state index in [1.54, 1.807) is 0 Å². The molecule has 0 aliphatic carbocycles. The van der Waals surface area contributed by atoms with E-state index in [2.05, 4.69) is 24.4 Å². The van der Waals surface area contributed by atoms with E-state index in [0.717, 1.165) is 16.8 Å². The van der Waals surface area contributed by atoms with Crippen molar-refractivity contribution in [1.29, 1.82) is 0 Å². The van der Waals surface area contributed by atoms with Gasteiger partial charge in [-0.05, 0) is 48.7 Å². The quantitative estimate of drug-likeness (QED) is 0.501. The average molecular weight is 382 g/mol. The van der Waals surface area contributed by atoms with Gasteiger partial charge in [0.2, 0.25) is 0 Å². The summed E-state index contributed by atoms with van der Waals surface area (Å²) in [5.74, 6) is 1.25. The van der Waals surface area contributed by atoms with Crippen LogP contribution in [0, 0.1) is 6.92 Å². The summed E-state index contributed by atoms with van der Waals surface area (Å²) < 4.78 is 11.8. The molecular weight excluding hydrogens is 358 g/mol. The highest BCUT2D eigenvalue weighted by Crippen LogP contribution is 2.37. The minimum absolute atomic E-state index is 0.446. The van der Waals surface area contributed by atoms with Crippen LogP contribution in [0.2, 0.25) is 5.02 Å². The number of anilines is 1. The zero-order chi connectivity index (χ0) is 19.1. The van der Waals surface area contributed by atoms with Crippen LogP contribution in [0.25, 0.3) is 0 Å². The Morgan fingerprint density at radius 3 is 2.37 bits per heavy atom. The number of hydrogen-bond donors (Lipinski definition) is 1. The topological polar surface area (TPSA) is 30.5 Å². The molecule has 27 heavy (non-hydrogen) atoms. The van der Waals surface area contributed by atoms with E-state index < -0.39 is 0 Å². The molecule has 0 amide bonds. The van der Waals surface area contributed by atoms with Gasteiger partial charge in [-0.25, -0.2) is 0 Å². The van der Waals surface area contributed by atoms with Crippen molar-refractivity contribution in [3.8, 4) is 11.5 Å². The minimum atomic E-state index is 0.446. The maximum absolute atomic E-state index is 6.52. The van der Waals surface area contributed by atoms with Gasteiger partial charge in [0.05, 0.1) is 11.6 Å². The molecule has 0 spiro atoms. The Labute approximate surface area is 165 Å². The first kappa shape index (κ1) is 19.1. The van der Waals surface area contributed by atoms with Gasteiger partial charge in [0, 0.05) is 12.2 Å². The van der Waals surface area contributed by atoms with Crippen LogP contribution in [0.15, 0.2) is 66.7 Å². The monoisotopic (exact) mass is 381 g/mol. The van der Waals surface area contributed by atoms with Crippen LogP contribution in [0.5, 0.6) is 11.5 Å². The van der Waals surface area contributed by atoms with Crippen molar-refractivity contribution in [1.82, 2.24) is 0 Å². The second kappa shape index (κ2) is 9.33. The second-order valence-electron chi connectivity index (χ2n) is 6.28. The molecule has 0 aromatic heterocycles. The van der Waals surface area contributed by atoms with Gasteiger partial charge in [0.1, 0.15) is 6.61 Å². The molecule has 140 valence electrons. The normalized spacial score (nSPS) is 10.5. The molecule has 3 rings (SSSR count). The van der Waals surface area contributed by atoms with Crippen molar-refractivity contribution in [2.75, 3.05) is 11.9 Å². The van der Waals surface area contributed by atoms with E-state index in [-0.39, 0.29) is 0 Å². The van der Waals surface area contributed by atoms with E-state index in [4.69, 9.17) is 21.1 Å². The van der Waals surface area contributed by atoms with Crippen LogP contribution >= 0.6 is 11.6 Å². The first-order valence-corrected chi connectivity index (χ1v) is 9.46. The number of rotatable bonds is 8. The molecule has 3 aromatic rings. The standard InChI is InChI=1S/C23H24ClNO2/c1-3-26-22-14-19(15-25-21-12-8-7-9-17(21)2)13-20(24)23(22)27-16-18-10-5-4-6-11-18/h4-14,25H,3,15-16H2,1-2H3. The third kappa shape index (κ3) is 5.18. The number of ether oxygens (including phenoxy) is 2. The maximum atomic E-state index is 6.52. The second-order valence-corrected chi connectivity index (χ2v) is 6.69. The van der Waals surface area contributed by atoms with Gasteiger partial charge in [-0.1, -0.05) is 60.1 Å². The smallest absolute Gasteiger partial charge is 0.180 e. The van der Waals surface area contributed by atoms with Gasteiger partial charge in [-0.2, -0.15) is 0 Å². The lowest BCUT2D eigenvalue weighted by atomic mass is 10.1. The third-order valence-corrected chi connectivity index (χ3v) is 4.50. The van der Waals surface area contributed by atoms with Crippen LogP contribution in [0.3, 0.4) is 0 Å². The molecule has 3 aromatic carbocycles. The van der Waals surface area contributed by atoms with E-state index in [1.165, 1.54) is 5.56 Å². The van der Waals surface area contributed by atoms with E-state index in [0.29, 0.717) is 36.3 Å². The molecule has 1 N–H and O–H groups in total. The van der Waals surface area contributed by atoms with Crippen molar-refractivity contribution in [3.05, 3.63) is 88.4 Å². The van der Waals surface area contributed by atoms with Crippen LogP contribution in [-0.2, 0) is 13.2 Å². The van der Waals surface area contributed by atoms with Crippen molar-refractivity contribution >= 4 is 17.3 Å². The number of benzene rings is 3. The Morgan fingerprint density at radius 1 is 0.889 bits per heavy atom. The number of aryl methyl sites for hydroxylation is 1. The van der Waals surface area contributed by atoms with Gasteiger partial charge in [0.25, 0.3) is 0 Å². The molecule has 3 nitrogen and oxygen atoms in total. The molecule has 4 heteroatoms. The largest absolute Gasteiger partial charge is 0.490 e. The number of para-hydroxylation sites is 1. The predicted molar refractivity (Wildman–Crippen MR) is 112 cm³/mol. The first-order valence-electron chi connectivity index (χ1n) is 9.09. The fourth-order valence-electron chi connectivity index (χ4n) is 2.82. The van der Waals surface area contributed by atoms with E-state index in [9.17, 15) is 0 Å². The highest BCUT2D eigenvalue weighted by Gasteiger charge is 2.13. The lowest BCUT2D eigenvalue weighted by molar-refractivity contribution is 0.269. The predicted octanol–water partition coefficient (Wildman–Crippen LogP) is 6.24. The highest BCUT2D eigenvalue weighted by atomic mass is 35.5. The van der Waals surface area contributed by atoms with E-state index in [1.807, 2.05) is 61.5 Å². The van der Waals surface area contributed by atoms with Gasteiger partial charge >= 0.3 is 0 Å². The Hall–Kier alpha value is -2.65. The molecule has 0 saturated carbocycles. The Kier molecular flexibility index (Phi) is 6.61. The summed E-state index contributed by atoms with van der Waals surface area (Å²) in [6.07, 6.45) is 0. The van der Waals surface area contributed by atoms with Gasteiger partial charge in [-0.3, -0.25) is 0 Å². The summed E-state index contributed by atoms with van der Waals surface area (Å²) in [6, 6.07) is 22.1. The Balaban J connectivity index is 1.76. The van der Waals surface area contributed by atoms with Crippen LogP contribution < -0.4 is 14.8 Å². The fourth-order valence-corrected chi connectivity index (χ4v) is 3.11. The number of halogens is 1. The Morgan fingerprint density at radius 2 is 1.63 bits per heavy atom. The summed E-state index contributed by atoms with van der Waals surface area (Å²) in [6.45, 7) is 5.69. The lowest BCUT2D eigenvalue weighted by Gasteiger charge is -2.16. The van der Waals surface area contributed by atoms with Crippen molar-refractivity contribution < 1.29 is 9.47 Å². The molecule has 0 fully saturated rings.